The first kappa shape index (κ1) is 28.0. The molecule has 3 aromatic heterocycles. The van der Waals surface area contributed by atoms with Gasteiger partial charge in [0.2, 0.25) is 0 Å². The molecule has 0 atom stereocenters. The molecule has 0 fully saturated rings. The summed E-state index contributed by atoms with van der Waals surface area (Å²) >= 11 is 10.8. The summed E-state index contributed by atoms with van der Waals surface area (Å²) in [7, 11) is 1.57. The van der Waals surface area contributed by atoms with Crippen molar-refractivity contribution in [2.45, 2.75) is 17.5 Å². The molecule has 12 heteroatoms. The molecule has 5 aromatic rings. The number of pyridine rings is 1. The topological polar surface area (TPSA) is 108 Å². The number of halogens is 2. The average molecular weight is 641 g/mol. The number of carbonyl (C=O) groups excluding carboxylic acids is 1. The molecule has 9 nitrogen and oxygen atoms in total. The highest BCUT2D eigenvalue weighted by atomic mass is 79.9. The van der Waals surface area contributed by atoms with Crippen molar-refractivity contribution >= 4 is 61.8 Å². The molecule has 0 saturated heterocycles. The van der Waals surface area contributed by atoms with Gasteiger partial charge >= 0.3 is 0 Å². The molecular formula is C28H23BrClN5O4S. The fourth-order valence-electron chi connectivity index (χ4n) is 4.07. The van der Waals surface area contributed by atoms with Gasteiger partial charge in [-0.2, -0.15) is 0 Å². The van der Waals surface area contributed by atoms with Gasteiger partial charge in [-0.15, -0.1) is 0 Å². The molecular weight excluding hydrogens is 618 g/mol. The van der Waals surface area contributed by atoms with E-state index >= 15 is 0 Å². The third kappa shape index (κ3) is 6.28. The predicted molar refractivity (Wildman–Crippen MR) is 159 cm³/mol. The van der Waals surface area contributed by atoms with Crippen LogP contribution in [0.2, 0.25) is 5.02 Å². The second-order valence-electron chi connectivity index (χ2n) is 8.84. The monoisotopic (exact) mass is 639 g/mol. The lowest BCUT2D eigenvalue weighted by atomic mass is 10.1. The number of aromatic nitrogens is 4. The highest BCUT2D eigenvalue weighted by Gasteiger charge is 2.15. The summed E-state index contributed by atoms with van der Waals surface area (Å²) in [5.74, 6) is 0.124. The number of benzene rings is 2. The lowest BCUT2D eigenvalue weighted by Crippen LogP contribution is -2.27. The number of thioether (sulfide) groups is 1. The minimum absolute atomic E-state index is 0.198. The number of nitrogens with one attached hydrogen (secondary N) is 1. The van der Waals surface area contributed by atoms with Crippen LogP contribution in [-0.2, 0) is 17.0 Å². The number of hydrogen-bond acceptors (Lipinski definition) is 7. The lowest BCUT2D eigenvalue weighted by molar-refractivity contribution is 0.0937. The van der Waals surface area contributed by atoms with Crippen molar-refractivity contribution in [1.82, 2.24) is 24.3 Å². The van der Waals surface area contributed by atoms with E-state index in [-0.39, 0.29) is 23.6 Å². The maximum absolute atomic E-state index is 13.6. The molecule has 1 N–H and O–H groups in total. The van der Waals surface area contributed by atoms with Crippen LogP contribution in [0.5, 0.6) is 0 Å². The van der Waals surface area contributed by atoms with Crippen molar-refractivity contribution in [2.24, 2.45) is 0 Å². The normalized spacial score (nSPS) is 11.3. The molecule has 0 aliphatic heterocycles. The van der Waals surface area contributed by atoms with Crippen LogP contribution in [0.4, 0.5) is 0 Å². The minimum atomic E-state index is -0.247. The number of ether oxygens (including phenoxy) is 1. The Bertz CT molecular complexity index is 1840. The molecule has 204 valence electrons. The van der Waals surface area contributed by atoms with Gasteiger partial charge < -0.3 is 10.1 Å². The van der Waals surface area contributed by atoms with Crippen molar-refractivity contribution in [3.8, 4) is 0 Å². The second kappa shape index (κ2) is 12.3. The maximum atomic E-state index is 13.6. The molecule has 0 spiro atoms. The lowest BCUT2D eigenvalue weighted by Gasteiger charge is -2.14. The van der Waals surface area contributed by atoms with Gasteiger partial charge in [-0.25, -0.2) is 9.97 Å². The van der Waals surface area contributed by atoms with Crippen molar-refractivity contribution < 1.29 is 9.53 Å². The largest absolute Gasteiger partial charge is 0.383 e. The zero-order valence-electron chi connectivity index (χ0n) is 21.3. The third-order valence-electron chi connectivity index (χ3n) is 6.06. The molecule has 0 aliphatic rings. The van der Waals surface area contributed by atoms with Gasteiger partial charge in [0.25, 0.3) is 17.0 Å². The van der Waals surface area contributed by atoms with Gasteiger partial charge in [0.05, 0.1) is 34.8 Å². The first-order valence-corrected chi connectivity index (χ1v) is 14.3. The summed E-state index contributed by atoms with van der Waals surface area (Å²) in [6, 6.07) is 17.3. The fourth-order valence-corrected chi connectivity index (χ4v) is 5.49. The molecule has 5 rings (SSSR count). The third-order valence-corrected chi connectivity index (χ3v) is 7.78. The molecule has 3 heterocycles. The number of nitrogens with zero attached hydrogens (tertiary/aromatic N) is 4. The molecule has 0 bridgehead atoms. The van der Waals surface area contributed by atoms with E-state index in [0.717, 1.165) is 10.0 Å². The average Bonchev–Trinajstić information content (AvgIpc) is 2.95. The van der Waals surface area contributed by atoms with E-state index in [1.54, 1.807) is 48.1 Å². The zero-order chi connectivity index (χ0) is 28.2. The molecule has 0 unspecified atom stereocenters. The van der Waals surface area contributed by atoms with Crippen LogP contribution in [0, 0.1) is 0 Å². The van der Waals surface area contributed by atoms with Crippen LogP contribution in [0.25, 0.3) is 16.6 Å². The highest BCUT2D eigenvalue weighted by molar-refractivity contribution is 9.10. The van der Waals surface area contributed by atoms with E-state index in [1.807, 2.05) is 18.2 Å². The van der Waals surface area contributed by atoms with E-state index in [2.05, 4.69) is 26.2 Å². The first-order chi connectivity index (χ1) is 19.3. The molecule has 1 amide bonds. The smallest absolute Gasteiger partial charge is 0.262 e. The predicted octanol–water partition coefficient (Wildman–Crippen LogP) is 4.54. The van der Waals surface area contributed by atoms with Crippen LogP contribution in [0.1, 0.15) is 21.6 Å². The Morgan fingerprint density at radius 2 is 1.88 bits per heavy atom. The summed E-state index contributed by atoms with van der Waals surface area (Å²) in [6.07, 6.45) is 1.53. The van der Waals surface area contributed by atoms with Gasteiger partial charge in [0.15, 0.2) is 5.16 Å². The number of fused-ring (bicyclic) bond motifs is 2. The van der Waals surface area contributed by atoms with Crippen molar-refractivity contribution in [2.75, 3.05) is 20.3 Å². The first-order valence-electron chi connectivity index (χ1n) is 12.2. The number of hydrogen-bond donors (Lipinski definition) is 1. The summed E-state index contributed by atoms with van der Waals surface area (Å²) in [5, 5.41) is 4.19. The Morgan fingerprint density at radius 1 is 1.07 bits per heavy atom. The van der Waals surface area contributed by atoms with Gasteiger partial charge in [-0.05, 0) is 48.0 Å². The Kier molecular flexibility index (Phi) is 8.65. The van der Waals surface area contributed by atoms with Gasteiger partial charge in [0, 0.05) is 41.7 Å². The number of rotatable bonds is 9. The van der Waals surface area contributed by atoms with E-state index < -0.39 is 0 Å². The number of carbonyl (C=O) groups is 1. The summed E-state index contributed by atoms with van der Waals surface area (Å²) in [5.41, 5.74) is 2.49. The minimum Gasteiger partial charge on any atom is -0.383 e. The van der Waals surface area contributed by atoms with Crippen LogP contribution in [0.3, 0.4) is 0 Å². The zero-order valence-corrected chi connectivity index (χ0v) is 24.4. The van der Waals surface area contributed by atoms with E-state index in [0.29, 0.717) is 56.9 Å². The Balaban J connectivity index is 1.45. The summed E-state index contributed by atoms with van der Waals surface area (Å²) in [4.78, 5) is 47.9. The van der Waals surface area contributed by atoms with E-state index in [1.165, 1.54) is 28.4 Å². The summed E-state index contributed by atoms with van der Waals surface area (Å²) in [6.45, 7) is 1.09. The van der Waals surface area contributed by atoms with Crippen molar-refractivity contribution in [3.05, 3.63) is 114 Å². The standard InChI is InChI=1S/C28H23BrClN5O4S/c1-39-11-10-31-26(37)18-4-2-17(3-5-18)14-35-27(38)22-12-19(29)6-8-23(22)33-28(35)40-16-21-13-25(36)34-15-20(30)7-9-24(34)32-21/h2-9,12-13,15H,10-11,14,16H2,1H3,(H,31,37). The SMILES string of the molecule is COCCNC(=O)c1ccc(Cn2c(SCc3cc(=O)n4cc(Cl)ccc4n3)nc3ccc(Br)cc3c2=O)cc1. The quantitative estimate of drug-likeness (QED) is 0.143. The Hall–Kier alpha value is -3.51. The molecule has 0 aliphatic carbocycles. The van der Waals surface area contributed by atoms with Crippen LogP contribution < -0.4 is 16.4 Å². The summed E-state index contributed by atoms with van der Waals surface area (Å²) < 4.78 is 8.73. The molecule has 0 saturated carbocycles. The van der Waals surface area contributed by atoms with E-state index in [9.17, 15) is 14.4 Å². The Labute approximate surface area is 246 Å². The Morgan fingerprint density at radius 3 is 2.65 bits per heavy atom. The van der Waals surface area contributed by atoms with Crippen molar-refractivity contribution in [3.63, 3.8) is 0 Å². The van der Waals surface area contributed by atoms with Crippen molar-refractivity contribution in [1.29, 1.82) is 0 Å². The second-order valence-corrected chi connectivity index (χ2v) is 11.1. The molecule has 40 heavy (non-hydrogen) atoms. The molecule has 2 aromatic carbocycles. The van der Waals surface area contributed by atoms with Gasteiger partial charge in [0.1, 0.15) is 5.65 Å². The highest BCUT2D eigenvalue weighted by Crippen LogP contribution is 2.24. The maximum Gasteiger partial charge on any atom is 0.262 e. The van der Waals surface area contributed by atoms with Gasteiger partial charge in [-0.1, -0.05) is 51.4 Å². The number of methoxy groups -OCH3 is 1. The van der Waals surface area contributed by atoms with Crippen LogP contribution >= 0.6 is 39.3 Å². The van der Waals surface area contributed by atoms with Crippen LogP contribution in [0.15, 0.2) is 86.1 Å². The molecule has 0 radical (unpaired) electrons. The number of amides is 1. The van der Waals surface area contributed by atoms with E-state index in [4.69, 9.17) is 21.3 Å². The van der Waals surface area contributed by atoms with Gasteiger partial charge in [-0.3, -0.25) is 23.4 Å². The van der Waals surface area contributed by atoms with Crippen LogP contribution in [-0.4, -0.2) is 45.1 Å². The fraction of sp³-hybridized carbons (Fsp3) is 0.179.